The molecule has 0 aliphatic heterocycles. The number of nitrogens with one attached hydrogen (secondary N) is 3. The molecule has 3 N–H and O–H groups in total. The Morgan fingerprint density at radius 2 is 1.79 bits per heavy atom. The van der Waals surface area contributed by atoms with Crippen molar-refractivity contribution in [3.8, 4) is 6.07 Å². The van der Waals surface area contributed by atoms with Crippen molar-refractivity contribution in [2.75, 3.05) is 0 Å². The van der Waals surface area contributed by atoms with Gasteiger partial charge in [0.2, 0.25) is 5.91 Å². The van der Waals surface area contributed by atoms with E-state index in [-0.39, 0.29) is 39.4 Å². The highest BCUT2D eigenvalue weighted by Crippen LogP contribution is 2.57. The first-order valence-corrected chi connectivity index (χ1v) is 11.9. The van der Waals surface area contributed by atoms with Crippen molar-refractivity contribution in [3.63, 3.8) is 0 Å². The Hall–Kier alpha value is -4.46. The topological polar surface area (TPSA) is 111 Å². The van der Waals surface area contributed by atoms with Crippen LogP contribution in [-0.4, -0.2) is 27.3 Å². The maximum atomic E-state index is 14.3. The highest BCUT2D eigenvalue weighted by molar-refractivity contribution is 6.03. The number of carbonyl (C=O) groups excluding carboxylic acids is 2. The van der Waals surface area contributed by atoms with Gasteiger partial charge in [0, 0.05) is 28.7 Å². The van der Waals surface area contributed by atoms with E-state index in [9.17, 15) is 32.4 Å². The first kappa shape index (κ1) is 23.9. The molecule has 0 bridgehead atoms. The molecule has 4 aromatic rings. The molecule has 38 heavy (non-hydrogen) atoms. The molecule has 2 aromatic carbocycles. The summed E-state index contributed by atoms with van der Waals surface area (Å²) in [7, 11) is 0. The van der Waals surface area contributed by atoms with Gasteiger partial charge in [-0.2, -0.15) is 5.26 Å². The summed E-state index contributed by atoms with van der Waals surface area (Å²) < 4.78 is 55.8. The fraction of sp³-hybridized carbons (Fsp3) is 0.259. The number of carbonyl (C=O) groups is 2. The molecule has 2 aromatic heterocycles. The third-order valence-corrected chi connectivity index (χ3v) is 7.46. The lowest BCUT2D eigenvalue weighted by Gasteiger charge is -2.22. The zero-order valence-electron chi connectivity index (χ0n) is 19.6. The average molecular weight is 521 g/mol. The largest absolute Gasteiger partial charge is 0.348 e. The maximum Gasteiger partial charge on any atom is 0.268 e. The van der Waals surface area contributed by atoms with Gasteiger partial charge >= 0.3 is 0 Å². The van der Waals surface area contributed by atoms with E-state index in [1.165, 1.54) is 24.4 Å². The van der Waals surface area contributed by atoms with Crippen molar-refractivity contribution in [2.24, 2.45) is 11.8 Å². The maximum absolute atomic E-state index is 14.3. The van der Waals surface area contributed by atoms with Gasteiger partial charge in [0.05, 0.1) is 11.6 Å². The van der Waals surface area contributed by atoms with E-state index in [1.807, 2.05) is 6.07 Å². The SMILES string of the molecule is N#CC(NC(=O)[C@@]1(NC(=O)c2cc3ccc(F)c(F)c3[nH]2)C[C@H]1C1CC1)c1cncc2c(F)c(F)ccc12. The van der Waals surface area contributed by atoms with Crippen LogP contribution in [0, 0.1) is 46.4 Å². The van der Waals surface area contributed by atoms with Crippen LogP contribution in [0.4, 0.5) is 17.6 Å². The van der Waals surface area contributed by atoms with E-state index in [0.29, 0.717) is 11.8 Å². The normalized spacial score (nSPS) is 21.2. The summed E-state index contributed by atoms with van der Waals surface area (Å²) in [5.41, 5.74) is -1.36. The van der Waals surface area contributed by atoms with Gasteiger partial charge in [0.25, 0.3) is 5.91 Å². The van der Waals surface area contributed by atoms with E-state index in [2.05, 4.69) is 20.6 Å². The molecule has 0 saturated heterocycles. The molecule has 2 aliphatic rings. The Morgan fingerprint density at radius 3 is 2.53 bits per heavy atom. The van der Waals surface area contributed by atoms with Crippen LogP contribution in [-0.2, 0) is 4.79 Å². The molecule has 3 atom stereocenters. The van der Waals surface area contributed by atoms with E-state index in [4.69, 9.17) is 0 Å². The molecule has 2 saturated carbocycles. The standard InChI is InChI=1S/C27H19F4N5O2/c28-18-6-4-14-15(10-33-11-16(14)22(18)30)21(9-32)35-26(38)27(8-17(27)12-1-2-12)36-25(37)20-7-13-3-5-19(29)23(31)24(13)34-20/h3-7,10-12,17,21,34H,1-2,8H2,(H,35,38)(H,36,37)/t17-,21?,27+/m0/s1. The van der Waals surface area contributed by atoms with E-state index >= 15 is 0 Å². The van der Waals surface area contributed by atoms with Gasteiger partial charge in [-0.15, -0.1) is 0 Å². The van der Waals surface area contributed by atoms with Crippen LogP contribution in [0.5, 0.6) is 0 Å². The number of hydrogen-bond donors (Lipinski definition) is 3. The van der Waals surface area contributed by atoms with E-state index in [1.54, 1.807) is 0 Å². The molecular formula is C27H19F4N5O2. The number of rotatable bonds is 6. The molecule has 1 unspecified atom stereocenters. The highest BCUT2D eigenvalue weighted by Gasteiger charge is 2.65. The second kappa shape index (κ2) is 8.55. The van der Waals surface area contributed by atoms with E-state index < -0.39 is 46.7 Å². The van der Waals surface area contributed by atoms with Crippen LogP contribution in [0.25, 0.3) is 21.7 Å². The summed E-state index contributed by atoms with van der Waals surface area (Å²) in [5, 5.41) is 15.6. The first-order chi connectivity index (χ1) is 18.2. The molecule has 0 spiro atoms. The van der Waals surface area contributed by atoms with Crippen molar-refractivity contribution in [2.45, 2.75) is 30.8 Å². The number of hydrogen-bond acceptors (Lipinski definition) is 4. The molecule has 2 fully saturated rings. The van der Waals surface area contributed by atoms with Gasteiger partial charge in [-0.05, 0) is 60.7 Å². The molecule has 11 heteroatoms. The van der Waals surface area contributed by atoms with Gasteiger partial charge in [-0.25, -0.2) is 17.6 Å². The summed E-state index contributed by atoms with van der Waals surface area (Å²) in [6.07, 6.45) is 4.56. The van der Waals surface area contributed by atoms with Crippen molar-refractivity contribution in [1.82, 2.24) is 20.6 Å². The van der Waals surface area contributed by atoms with E-state index in [0.717, 1.165) is 31.2 Å². The predicted octanol–water partition coefficient (Wildman–Crippen LogP) is 4.55. The molecule has 2 aliphatic carbocycles. The van der Waals surface area contributed by atoms with Crippen LogP contribution < -0.4 is 10.6 Å². The van der Waals surface area contributed by atoms with Gasteiger partial charge in [-0.1, -0.05) is 6.07 Å². The predicted molar refractivity (Wildman–Crippen MR) is 127 cm³/mol. The number of benzene rings is 2. The number of nitrogens with zero attached hydrogens (tertiary/aromatic N) is 2. The number of nitriles is 1. The number of aromatic amines is 1. The number of pyridine rings is 1. The van der Waals surface area contributed by atoms with Crippen molar-refractivity contribution in [1.29, 1.82) is 5.26 Å². The second-order valence-corrected chi connectivity index (χ2v) is 9.80. The minimum Gasteiger partial charge on any atom is -0.348 e. The van der Waals surface area contributed by atoms with Gasteiger partial charge in [-0.3, -0.25) is 14.6 Å². The fourth-order valence-electron chi connectivity index (χ4n) is 5.22. The lowest BCUT2D eigenvalue weighted by molar-refractivity contribution is -0.124. The summed E-state index contributed by atoms with van der Waals surface area (Å²) in [6, 6.07) is 6.59. The number of fused-ring (bicyclic) bond motifs is 2. The van der Waals surface area contributed by atoms with Crippen LogP contribution in [0.15, 0.2) is 42.7 Å². The Balaban J connectivity index is 1.29. The third kappa shape index (κ3) is 3.75. The lowest BCUT2D eigenvalue weighted by Crippen LogP contribution is -2.51. The third-order valence-electron chi connectivity index (χ3n) is 7.46. The molecular weight excluding hydrogens is 502 g/mol. The van der Waals surface area contributed by atoms with Gasteiger partial charge in [0.15, 0.2) is 23.3 Å². The quantitative estimate of drug-likeness (QED) is 0.323. The number of amides is 2. The first-order valence-electron chi connectivity index (χ1n) is 11.9. The Bertz CT molecular complexity index is 1690. The summed E-state index contributed by atoms with van der Waals surface area (Å²) in [4.78, 5) is 33.2. The van der Waals surface area contributed by atoms with Crippen molar-refractivity contribution < 1.29 is 27.2 Å². The molecule has 2 amide bonds. The summed E-state index contributed by atoms with van der Waals surface area (Å²) in [5.74, 6) is -5.60. The van der Waals surface area contributed by atoms with Crippen LogP contribution >= 0.6 is 0 Å². The van der Waals surface area contributed by atoms with Gasteiger partial charge < -0.3 is 15.6 Å². The smallest absolute Gasteiger partial charge is 0.268 e. The molecule has 2 heterocycles. The van der Waals surface area contributed by atoms with Crippen molar-refractivity contribution in [3.05, 3.63) is 77.3 Å². The zero-order chi connectivity index (χ0) is 26.8. The van der Waals surface area contributed by atoms with Crippen LogP contribution in [0.2, 0.25) is 0 Å². The Morgan fingerprint density at radius 1 is 1.05 bits per heavy atom. The fourth-order valence-corrected chi connectivity index (χ4v) is 5.22. The Labute approximate surface area is 212 Å². The lowest BCUT2D eigenvalue weighted by atomic mass is 10.0. The minimum absolute atomic E-state index is 0.0503. The van der Waals surface area contributed by atoms with Crippen LogP contribution in [0.1, 0.15) is 41.4 Å². The zero-order valence-corrected chi connectivity index (χ0v) is 19.6. The number of H-pyrrole nitrogens is 1. The molecule has 0 radical (unpaired) electrons. The molecule has 6 rings (SSSR count). The van der Waals surface area contributed by atoms with Gasteiger partial charge in [0.1, 0.15) is 17.3 Å². The van der Waals surface area contributed by atoms with Crippen molar-refractivity contribution >= 4 is 33.5 Å². The average Bonchev–Trinajstić information content (AvgIpc) is 3.83. The number of aromatic nitrogens is 2. The summed E-state index contributed by atoms with van der Waals surface area (Å²) >= 11 is 0. The highest BCUT2D eigenvalue weighted by atomic mass is 19.2. The number of halogens is 4. The monoisotopic (exact) mass is 521 g/mol. The molecule has 7 nitrogen and oxygen atoms in total. The second-order valence-electron chi connectivity index (χ2n) is 9.80. The summed E-state index contributed by atoms with van der Waals surface area (Å²) in [6.45, 7) is 0. The Kier molecular flexibility index (Phi) is 5.38. The van der Waals surface area contributed by atoms with Crippen LogP contribution in [0.3, 0.4) is 0 Å². The molecule has 192 valence electrons. The minimum atomic E-state index is -1.32.